The van der Waals surface area contributed by atoms with E-state index in [2.05, 4.69) is 10.3 Å². The third kappa shape index (κ3) is 3.04. The first-order valence-electron chi connectivity index (χ1n) is 5.10. The molecule has 17 heavy (non-hydrogen) atoms. The molecule has 2 aromatic heterocycles. The molecule has 1 amide bonds. The van der Waals surface area contributed by atoms with E-state index in [1.165, 1.54) is 11.3 Å². The summed E-state index contributed by atoms with van der Waals surface area (Å²) in [6.45, 7) is 0.466. The Labute approximate surface area is 103 Å². The average molecular weight is 248 g/mol. The number of ether oxygens (including phenoxy) is 1. The number of hydrogen-bond donors (Lipinski definition) is 1. The van der Waals surface area contributed by atoms with Gasteiger partial charge in [0.25, 0.3) is 5.91 Å². The number of rotatable bonds is 4. The fourth-order valence-electron chi connectivity index (χ4n) is 1.31. The van der Waals surface area contributed by atoms with Crippen LogP contribution in [0.15, 0.2) is 35.8 Å². The van der Waals surface area contributed by atoms with Crippen LogP contribution in [0.4, 0.5) is 0 Å². The second kappa shape index (κ2) is 5.45. The van der Waals surface area contributed by atoms with Gasteiger partial charge in [-0.15, -0.1) is 11.3 Å². The third-order valence-electron chi connectivity index (χ3n) is 2.20. The number of thiophene rings is 1. The molecule has 2 heterocycles. The van der Waals surface area contributed by atoms with Crippen molar-refractivity contribution in [1.29, 1.82) is 0 Å². The minimum absolute atomic E-state index is 0.0594. The first kappa shape index (κ1) is 11.6. The summed E-state index contributed by atoms with van der Waals surface area (Å²) in [7, 11) is 1.57. The van der Waals surface area contributed by atoms with Crippen LogP contribution in [0.2, 0.25) is 0 Å². The van der Waals surface area contributed by atoms with Gasteiger partial charge in [-0.25, -0.2) is 4.98 Å². The lowest BCUT2D eigenvalue weighted by Crippen LogP contribution is -2.21. The minimum Gasteiger partial charge on any atom is -0.481 e. The highest BCUT2D eigenvalue weighted by molar-refractivity contribution is 7.12. The van der Waals surface area contributed by atoms with E-state index in [4.69, 9.17) is 4.74 Å². The standard InChI is InChI=1S/C12H12N2O2S/c1-16-11-5-4-9(7-13-11)8-14-12(15)10-3-2-6-17-10/h2-7H,8H2,1H3,(H,14,15). The number of methoxy groups -OCH3 is 1. The Balaban J connectivity index is 1.91. The number of aromatic nitrogens is 1. The molecule has 0 fully saturated rings. The number of carbonyl (C=O) groups is 1. The Morgan fingerprint density at radius 1 is 1.47 bits per heavy atom. The lowest BCUT2D eigenvalue weighted by molar-refractivity contribution is 0.0955. The van der Waals surface area contributed by atoms with Gasteiger partial charge in [0, 0.05) is 18.8 Å². The highest BCUT2D eigenvalue weighted by Crippen LogP contribution is 2.09. The summed E-state index contributed by atoms with van der Waals surface area (Å²) in [5, 5.41) is 4.71. The van der Waals surface area contributed by atoms with Crippen LogP contribution in [-0.4, -0.2) is 18.0 Å². The molecule has 4 nitrogen and oxygen atoms in total. The van der Waals surface area contributed by atoms with Gasteiger partial charge >= 0.3 is 0 Å². The molecular formula is C12H12N2O2S. The number of hydrogen-bond acceptors (Lipinski definition) is 4. The van der Waals surface area contributed by atoms with Gasteiger partial charge in [0.05, 0.1) is 12.0 Å². The van der Waals surface area contributed by atoms with Crippen LogP contribution in [0, 0.1) is 0 Å². The molecule has 0 aromatic carbocycles. The van der Waals surface area contributed by atoms with Gasteiger partial charge in [0.2, 0.25) is 5.88 Å². The summed E-state index contributed by atoms with van der Waals surface area (Å²) in [4.78, 5) is 16.4. The van der Waals surface area contributed by atoms with E-state index < -0.39 is 0 Å². The van der Waals surface area contributed by atoms with E-state index >= 15 is 0 Å². The molecule has 1 N–H and O–H groups in total. The molecule has 0 aliphatic rings. The largest absolute Gasteiger partial charge is 0.481 e. The molecule has 0 saturated carbocycles. The molecule has 0 aliphatic heterocycles. The monoisotopic (exact) mass is 248 g/mol. The van der Waals surface area contributed by atoms with Gasteiger partial charge in [0.15, 0.2) is 0 Å². The van der Waals surface area contributed by atoms with E-state index in [9.17, 15) is 4.79 Å². The summed E-state index contributed by atoms with van der Waals surface area (Å²) in [5.41, 5.74) is 0.940. The van der Waals surface area contributed by atoms with Crippen molar-refractivity contribution in [3.05, 3.63) is 46.3 Å². The molecule has 2 aromatic rings. The molecule has 2 rings (SSSR count). The van der Waals surface area contributed by atoms with Crippen LogP contribution >= 0.6 is 11.3 Å². The molecule has 0 unspecified atom stereocenters. The highest BCUT2D eigenvalue weighted by Gasteiger charge is 2.05. The van der Waals surface area contributed by atoms with Crippen molar-refractivity contribution in [3.63, 3.8) is 0 Å². The van der Waals surface area contributed by atoms with Crippen molar-refractivity contribution in [3.8, 4) is 5.88 Å². The van der Waals surface area contributed by atoms with Crippen LogP contribution in [0.25, 0.3) is 0 Å². The normalized spacial score (nSPS) is 9.94. The number of pyridine rings is 1. The van der Waals surface area contributed by atoms with Crippen LogP contribution in [0.1, 0.15) is 15.2 Å². The zero-order chi connectivity index (χ0) is 12.1. The van der Waals surface area contributed by atoms with Crippen molar-refractivity contribution in [2.75, 3.05) is 7.11 Å². The van der Waals surface area contributed by atoms with Gasteiger partial charge in [-0.05, 0) is 17.0 Å². The SMILES string of the molecule is COc1ccc(CNC(=O)c2cccs2)cn1. The number of carbonyl (C=O) groups excluding carboxylic acids is 1. The topological polar surface area (TPSA) is 51.2 Å². The Morgan fingerprint density at radius 3 is 2.94 bits per heavy atom. The van der Waals surface area contributed by atoms with Crippen LogP contribution < -0.4 is 10.1 Å². The molecule has 0 atom stereocenters. The highest BCUT2D eigenvalue weighted by atomic mass is 32.1. The Kier molecular flexibility index (Phi) is 3.72. The Morgan fingerprint density at radius 2 is 2.35 bits per heavy atom. The lowest BCUT2D eigenvalue weighted by Gasteiger charge is -2.04. The summed E-state index contributed by atoms with van der Waals surface area (Å²) in [6, 6.07) is 7.30. The first-order chi connectivity index (χ1) is 8.29. The maximum atomic E-state index is 11.7. The van der Waals surface area contributed by atoms with Gasteiger partial charge in [-0.3, -0.25) is 4.79 Å². The summed E-state index contributed by atoms with van der Waals surface area (Å²) in [5.74, 6) is 0.508. The number of nitrogens with zero attached hydrogens (tertiary/aromatic N) is 1. The molecule has 5 heteroatoms. The average Bonchev–Trinajstić information content (AvgIpc) is 2.90. The van der Waals surface area contributed by atoms with Gasteiger partial charge in [0.1, 0.15) is 0 Å². The molecule has 0 radical (unpaired) electrons. The molecule has 0 saturated heterocycles. The summed E-state index contributed by atoms with van der Waals surface area (Å²) in [6.07, 6.45) is 1.69. The first-order valence-corrected chi connectivity index (χ1v) is 5.98. The second-order valence-corrected chi connectivity index (χ2v) is 4.32. The van der Waals surface area contributed by atoms with E-state index in [1.807, 2.05) is 17.5 Å². The molecular weight excluding hydrogens is 236 g/mol. The van der Waals surface area contributed by atoms with Crippen molar-refractivity contribution < 1.29 is 9.53 Å². The van der Waals surface area contributed by atoms with E-state index in [0.717, 1.165) is 5.56 Å². The Hall–Kier alpha value is -1.88. The summed E-state index contributed by atoms with van der Waals surface area (Å²) >= 11 is 1.42. The fraction of sp³-hybridized carbons (Fsp3) is 0.167. The minimum atomic E-state index is -0.0594. The van der Waals surface area contributed by atoms with Gasteiger partial charge < -0.3 is 10.1 Å². The fourth-order valence-corrected chi connectivity index (χ4v) is 1.95. The van der Waals surface area contributed by atoms with Gasteiger partial charge in [-0.1, -0.05) is 12.1 Å². The molecule has 0 spiro atoms. The van der Waals surface area contributed by atoms with E-state index in [0.29, 0.717) is 17.3 Å². The predicted molar refractivity (Wildman–Crippen MR) is 66.3 cm³/mol. The second-order valence-electron chi connectivity index (χ2n) is 3.37. The zero-order valence-electron chi connectivity index (χ0n) is 9.34. The summed E-state index contributed by atoms with van der Waals surface area (Å²) < 4.78 is 4.96. The maximum absolute atomic E-state index is 11.7. The van der Waals surface area contributed by atoms with Gasteiger partial charge in [-0.2, -0.15) is 0 Å². The molecule has 88 valence electrons. The maximum Gasteiger partial charge on any atom is 0.261 e. The Bertz CT molecular complexity index is 480. The van der Waals surface area contributed by atoms with Crippen molar-refractivity contribution >= 4 is 17.2 Å². The molecule has 0 aliphatic carbocycles. The lowest BCUT2D eigenvalue weighted by atomic mass is 10.3. The van der Waals surface area contributed by atoms with E-state index in [-0.39, 0.29) is 5.91 Å². The van der Waals surface area contributed by atoms with Crippen LogP contribution in [-0.2, 0) is 6.54 Å². The number of amides is 1. The smallest absolute Gasteiger partial charge is 0.261 e. The van der Waals surface area contributed by atoms with Crippen LogP contribution in [0.5, 0.6) is 5.88 Å². The van der Waals surface area contributed by atoms with Crippen LogP contribution in [0.3, 0.4) is 0 Å². The van der Waals surface area contributed by atoms with Crippen molar-refractivity contribution in [2.24, 2.45) is 0 Å². The zero-order valence-corrected chi connectivity index (χ0v) is 10.2. The molecule has 0 bridgehead atoms. The third-order valence-corrected chi connectivity index (χ3v) is 3.07. The van der Waals surface area contributed by atoms with E-state index in [1.54, 1.807) is 25.4 Å². The number of nitrogens with one attached hydrogen (secondary N) is 1. The quantitative estimate of drug-likeness (QED) is 0.901. The van der Waals surface area contributed by atoms with Crippen molar-refractivity contribution in [1.82, 2.24) is 10.3 Å². The van der Waals surface area contributed by atoms with Crippen molar-refractivity contribution in [2.45, 2.75) is 6.54 Å². The predicted octanol–water partition coefficient (Wildman–Crippen LogP) is 2.08.